The SMILES string of the molecule is CC(C)(C)OC(=O)c1ccc([C@@H]2c3[nH]c4ccccc4c3C[C@H](CO)N2C(=O)CCl)cc1. The van der Waals surface area contributed by atoms with E-state index in [-0.39, 0.29) is 18.4 Å². The van der Waals surface area contributed by atoms with Gasteiger partial charge in [0.25, 0.3) is 0 Å². The lowest BCUT2D eigenvalue weighted by atomic mass is 9.88. The molecular formula is C25H27ClN2O4. The highest BCUT2D eigenvalue weighted by atomic mass is 35.5. The predicted octanol–water partition coefficient (Wildman–Crippen LogP) is 4.20. The van der Waals surface area contributed by atoms with Crippen LogP contribution in [0.1, 0.15) is 54.0 Å². The number of aliphatic hydroxyl groups is 1. The summed E-state index contributed by atoms with van der Waals surface area (Å²) < 4.78 is 5.46. The number of aromatic amines is 1. The first-order chi connectivity index (χ1) is 15.2. The van der Waals surface area contributed by atoms with Crippen LogP contribution in [0.4, 0.5) is 0 Å². The van der Waals surface area contributed by atoms with Gasteiger partial charge in [0, 0.05) is 16.6 Å². The molecule has 0 saturated heterocycles. The maximum Gasteiger partial charge on any atom is 0.338 e. The highest BCUT2D eigenvalue weighted by Crippen LogP contribution is 2.41. The van der Waals surface area contributed by atoms with E-state index in [0.717, 1.165) is 27.7 Å². The average molecular weight is 455 g/mol. The maximum absolute atomic E-state index is 12.9. The molecule has 1 aliphatic rings. The molecule has 0 aliphatic carbocycles. The molecule has 168 valence electrons. The largest absolute Gasteiger partial charge is 0.456 e. The molecule has 7 heteroatoms. The van der Waals surface area contributed by atoms with E-state index in [0.29, 0.717) is 12.0 Å². The summed E-state index contributed by atoms with van der Waals surface area (Å²) in [5.41, 5.74) is 3.63. The first-order valence-electron chi connectivity index (χ1n) is 10.6. The molecule has 3 aromatic rings. The number of carbonyl (C=O) groups excluding carboxylic acids is 2. The number of hydrogen-bond donors (Lipinski definition) is 2. The second-order valence-corrected chi connectivity index (χ2v) is 9.33. The van der Waals surface area contributed by atoms with Crippen LogP contribution in [-0.2, 0) is 16.0 Å². The number of amides is 1. The van der Waals surface area contributed by atoms with Crippen LogP contribution in [0.5, 0.6) is 0 Å². The molecule has 0 bridgehead atoms. The monoisotopic (exact) mass is 454 g/mol. The Kier molecular flexibility index (Phi) is 6.01. The molecule has 0 saturated carbocycles. The first-order valence-corrected chi connectivity index (χ1v) is 11.2. The maximum atomic E-state index is 12.9. The van der Waals surface area contributed by atoms with E-state index < -0.39 is 23.7 Å². The van der Waals surface area contributed by atoms with Crippen LogP contribution in [0.2, 0.25) is 0 Å². The Hall–Kier alpha value is -2.83. The third-order valence-electron chi connectivity index (χ3n) is 5.71. The van der Waals surface area contributed by atoms with Crippen molar-refractivity contribution in [2.75, 3.05) is 12.5 Å². The number of aromatic nitrogens is 1. The highest BCUT2D eigenvalue weighted by molar-refractivity contribution is 6.27. The molecule has 0 unspecified atom stereocenters. The summed E-state index contributed by atoms with van der Waals surface area (Å²) in [6.07, 6.45) is 0.533. The summed E-state index contributed by atoms with van der Waals surface area (Å²) in [4.78, 5) is 30.4. The number of rotatable bonds is 4. The molecule has 1 aliphatic heterocycles. The summed E-state index contributed by atoms with van der Waals surface area (Å²) >= 11 is 5.95. The van der Waals surface area contributed by atoms with Crippen molar-refractivity contribution in [3.8, 4) is 0 Å². The van der Waals surface area contributed by atoms with E-state index in [9.17, 15) is 14.7 Å². The summed E-state index contributed by atoms with van der Waals surface area (Å²) in [7, 11) is 0. The lowest BCUT2D eigenvalue weighted by molar-refractivity contribution is -0.134. The minimum Gasteiger partial charge on any atom is -0.456 e. The summed E-state index contributed by atoms with van der Waals surface area (Å²) in [6.45, 7) is 5.30. The van der Waals surface area contributed by atoms with Gasteiger partial charge in [0.2, 0.25) is 5.91 Å². The van der Waals surface area contributed by atoms with Gasteiger partial charge in [-0.1, -0.05) is 30.3 Å². The number of ether oxygens (including phenoxy) is 1. The van der Waals surface area contributed by atoms with Crippen molar-refractivity contribution in [1.29, 1.82) is 0 Å². The van der Waals surface area contributed by atoms with Crippen LogP contribution in [0, 0.1) is 0 Å². The van der Waals surface area contributed by atoms with E-state index in [1.807, 2.05) is 57.2 Å². The van der Waals surface area contributed by atoms with Crippen LogP contribution in [0.3, 0.4) is 0 Å². The number of aliphatic hydroxyl groups excluding tert-OH is 1. The molecule has 2 atom stereocenters. The van der Waals surface area contributed by atoms with Crippen LogP contribution in [0.25, 0.3) is 10.9 Å². The molecule has 0 fully saturated rings. The lowest BCUT2D eigenvalue weighted by Crippen LogP contribution is -2.50. The van der Waals surface area contributed by atoms with Gasteiger partial charge in [-0.2, -0.15) is 0 Å². The third kappa shape index (κ3) is 4.12. The van der Waals surface area contributed by atoms with Crippen molar-refractivity contribution in [2.45, 2.75) is 44.9 Å². The fourth-order valence-electron chi connectivity index (χ4n) is 4.39. The number of halogens is 1. The van der Waals surface area contributed by atoms with Gasteiger partial charge in [0.1, 0.15) is 11.5 Å². The molecule has 0 radical (unpaired) electrons. The molecular weight excluding hydrogens is 428 g/mol. The van der Waals surface area contributed by atoms with Crippen molar-refractivity contribution >= 4 is 34.4 Å². The standard InChI is InChI=1S/C25H27ClN2O4/c1-25(2,3)32-24(31)16-10-8-15(9-11-16)23-22-19(18-6-4-5-7-20(18)27-22)12-17(14-29)28(23)21(30)13-26/h4-11,17,23,27,29H,12-14H2,1-3H3/t17-,23-/m1/s1. The average Bonchev–Trinajstić information content (AvgIpc) is 3.14. The quantitative estimate of drug-likeness (QED) is 0.457. The number of alkyl halides is 1. The topological polar surface area (TPSA) is 82.6 Å². The molecule has 32 heavy (non-hydrogen) atoms. The zero-order valence-corrected chi connectivity index (χ0v) is 19.1. The Bertz CT molecular complexity index is 1150. The van der Waals surface area contributed by atoms with Crippen LogP contribution in [0.15, 0.2) is 48.5 Å². The van der Waals surface area contributed by atoms with Gasteiger partial charge in [-0.15, -0.1) is 11.6 Å². The van der Waals surface area contributed by atoms with Gasteiger partial charge in [-0.3, -0.25) is 4.79 Å². The van der Waals surface area contributed by atoms with Crippen molar-refractivity contribution < 1.29 is 19.4 Å². The van der Waals surface area contributed by atoms with Gasteiger partial charge in [0.15, 0.2) is 0 Å². The van der Waals surface area contributed by atoms with E-state index in [1.165, 1.54) is 0 Å². The van der Waals surface area contributed by atoms with Crippen molar-refractivity contribution in [3.05, 3.63) is 70.9 Å². The number of carbonyl (C=O) groups is 2. The fraction of sp³-hybridized carbons (Fsp3) is 0.360. The van der Waals surface area contributed by atoms with Gasteiger partial charge >= 0.3 is 5.97 Å². The molecule has 1 amide bonds. The number of nitrogens with one attached hydrogen (secondary N) is 1. The zero-order chi connectivity index (χ0) is 23.0. The predicted molar refractivity (Wildman–Crippen MR) is 124 cm³/mol. The minimum absolute atomic E-state index is 0.173. The Morgan fingerprint density at radius 3 is 2.47 bits per heavy atom. The van der Waals surface area contributed by atoms with E-state index in [1.54, 1.807) is 17.0 Å². The normalized spacial score (nSPS) is 18.5. The summed E-state index contributed by atoms with van der Waals surface area (Å²) in [5.74, 6) is -0.837. The Morgan fingerprint density at radius 1 is 1.16 bits per heavy atom. The van der Waals surface area contributed by atoms with Crippen LogP contribution < -0.4 is 0 Å². The summed E-state index contributed by atoms with van der Waals surface area (Å²) in [5, 5.41) is 11.2. The van der Waals surface area contributed by atoms with E-state index in [2.05, 4.69) is 4.98 Å². The Morgan fingerprint density at radius 2 is 1.84 bits per heavy atom. The van der Waals surface area contributed by atoms with Crippen LogP contribution >= 0.6 is 11.6 Å². The first kappa shape index (κ1) is 22.4. The number of esters is 1. The van der Waals surface area contributed by atoms with E-state index in [4.69, 9.17) is 16.3 Å². The number of hydrogen-bond acceptors (Lipinski definition) is 4. The highest BCUT2D eigenvalue weighted by Gasteiger charge is 2.39. The summed E-state index contributed by atoms with van der Waals surface area (Å²) in [6, 6.07) is 14.2. The van der Waals surface area contributed by atoms with Gasteiger partial charge in [0.05, 0.1) is 24.3 Å². The zero-order valence-electron chi connectivity index (χ0n) is 18.4. The number of benzene rings is 2. The Labute approximate surface area is 192 Å². The second kappa shape index (κ2) is 8.60. The third-order valence-corrected chi connectivity index (χ3v) is 5.93. The van der Waals surface area contributed by atoms with Crippen molar-refractivity contribution in [2.24, 2.45) is 0 Å². The van der Waals surface area contributed by atoms with E-state index >= 15 is 0 Å². The van der Waals surface area contributed by atoms with Gasteiger partial charge in [-0.25, -0.2) is 4.79 Å². The molecule has 2 N–H and O–H groups in total. The van der Waals surface area contributed by atoms with Gasteiger partial charge in [-0.05, 0) is 56.5 Å². The molecule has 6 nitrogen and oxygen atoms in total. The molecule has 1 aromatic heterocycles. The van der Waals surface area contributed by atoms with Crippen molar-refractivity contribution in [1.82, 2.24) is 9.88 Å². The number of nitrogens with zero attached hydrogens (tertiary/aromatic N) is 1. The second-order valence-electron chi connectivity index (χ2n) is 9.06. The number of para-hydroxylation sites is 1. The van der Waals surface area contributed by atoms with Gasteiger partial charge < -0.3 is 19.7 Å². The molecule has 2 heterocycles. The lowest BCUT2D eigenvalue weighted by Gasteiger charge is -2.41. The van der Waals surface area contributed by atoms with Crippen molar-refractivity contribution in [3.63, 3.8) is 0 Å². The number of fused-ring (bicyclic) bond motifs is 3. The fourth-order valence-corrected chi connectivity index (χ4v) is 4.53. The molecule has 4 rings (SSSR count). The number of H-pyrrole nitrogens is 1. The molecule has 2 aromatic carbocycles. The van der Waals surface area contributed by atoms with Crippen LogP contribution in [-0.4, -0.2) is 51.0 Å². The Balaban J connectivity index is 1.81. The molecule has 0 spiro atoms. The smallest absolute Gasteiger partial charge is 0.338 e. The minimum atomic E-state index is -0.587.